The summed E-state index contributed by atoms with van der Waals surface area (Å²) in [5.41, 5.74) is 2.31. The quantitative estimate of drug-likeness (QED) is 0.416. The maximum absolute atomic E-state index is 13.6. The van der Waals surface area contributed by atoms with Crippen LogP contribution in [0.5, 0.6) is 0 Å². The molecule has 3 aromatic rings. The summed E-state index contributed by atoms with van der Waals surface area (Å²) in [6.45, 7) is 2.64. The van der Waals surface area contributed by atoms with Gasteiger partial charge in [0.05, 0.1) is 18.0 Å². The summed E-state index contributed by atoms with van der Waals surface area (Å²) < 4.78 is 2.28. The van der Waals surface area contributed by atoms with E-state index in [2.05, 4.69) is 31.8 Å². The molecule has 2 aromatic heterocycles. The Morgan fingerprint density at radius 3 is 2.62 bits per heavy atom. The summed E-state index contributed by atoms with van der Waals surface area (Å²) in [7, 11) is 0. The molecule has 1 saturated heterocycles. The number of hydrogen-bond acceptors (Lipinski definition) is 7. The molecule has 0 atom stereocenters. The number of amides is 1. The van der Waals surface area contributed by atoms with Gasteiger partial charge in [-0.1, -0.05) is 42.1 Å². The summed E-state index contributed by atoms with van der Waals surface area (Å²) >= 11 is 3.22. The maximum atomic E-state index is 13.6. The lowest BCUT2D eigenvalue weighted by molar-refractivity contribution is -0.116. The highest BCUT2D eigenvalue weighted by atomic mass is 32.2. The van der Waals surface area contributed by atoms with Crippen LogP contribution >= 0.6 is 23.1 Å². The lowest BCUT2D eigenvalue weighted by Crippen LogP contribution is -2.32. The number of carbonyl (C=O) groups excluding carboxylic acids is 1. The molecule has 1 aliphatic heterocycles. The third-order valence-corrected chi connectivity index (χ3v) is 8.93. The topological polar surface area (TPSA) is 67.2 Å². The van der Waals surface area contributed by atoms with Gasteiger partial charge < -0.3 is 4.90 Å². The molecule has 2 fully saturated rings. The second-order valence-electron chi connectivity index (χ2n) is 9.41. The SMILES string of the molecule is O=C(CSc1nnc(N2CCCC2)n1C1CC1)N(Cc1ccccc1)c1nc2c(s1)CCCC2. The predicted octanol–water partition coefficient (Wildman–Crippen LogP) is 4.87. The second-order valence-corrected chi connectivity index (χ2v) is 11.4. The maximum Gasteiger partial charge on any atom is 0.239 e. The zero-order valence-electron chi connectivity index (χ0n) is 19.4. The number of fused-ring (bicyclic) bond motifs is 1. The van der Waals surface area contributed by atoms with Crippen molar-refractivity contribution in [2.24, 2.45) is 0 Å². The van der Waals surface area contributed by atoms with Crippen molar-refractivity contribution < 1.29 is 4.79 Å². The molecule has 34 heavy (non-hydrogen) atoms. The zero-order chi connectivity index (χ0) is 22.9. The minimum absolute atomic E-state index is 0.0769. The Balaban J connectivity index is 1.22. The third kappa shape index (κ3) is 4.60. The van der Waals surface area contributed by atoms with Gasteiger partial charge in [0.15, 0.2) is 10.3 Å². The highest BCUT2D eigenvalue weighted by molar-refractivity contribution is 7.99. The number of rotatable bonds is 8. The first-order valence-electron chi connectivity index (χ1n) is 12.4. The first kappa shape index (κ1) is 22.1. The van der Waals surface area contributed by atoms with E-state index in [1.165, 1.54) is 60.9 Å². The Bertz CT molecular complexity index is 1130. The largest absolute Gasteiger partial charge is 0.341 e. The first-order valence-corrected chi connectivity index (χ1v) is 14.2. The molecule has 1 amide bonds. The van der Waals surface area contributed by atoms with E-state index < -0.39 is 0 Å². The van der Waals surface area contributed by atoms with Crippen LogP contribution in [-0.2, 0) is 24.2 Å². The normalized spacial score (nSPS) is 17.7. The van der Waals surface area contributed by atoms with Crippen molar-refractivity contribution in [1.29, 1.82) is 0 Å². The Kier molecular flexibility index (Phi) is 6.30. The summed E-state index contributed by atoms with van der Waals surface area (Å²) in [5, 5.41) is 10.8. The van der Waals surface area contributed by atoms with Gasteiger partial charge in [0.1, 0.15) is 0 Å². The van der Waals surface area contributed by atoms with Gasteiger partial charge in [-0.2, -0.15) is 0 Å². The van der Waals surface area contributed by atoms with Gasteiger partial charge in [-0.3, -0.25) is 14.3 Å². The standard InChI is InChI=1S/C25H30N6OS2/c32-22(17-33-25-28-27-23(29-14-6-7-15-29)31(25)19-12-13-19)30(16-18-8-2-1-3-9-18)24-26-20-10-4-5-11-21(20)34-24/h1-3,8-9,19H,4-7,10-17H2. The van der Waals surface area contributed by atoms with E-state index in [0.717, 1.165) is 47.7 Å². The molecule has 3 aliphatic rings. The van der Waals surface area contributed by atoms with E-state index in [1.807, 2.05) is 23.1 Å². The highest BCUT2D eigenvalue weighted by Gasteiger charge is 2.33. The van der Waals surface area contributed by atoms with E-state index in [9.17, 15) is 4.79 Å². The molecule has 0 unspecified atom stereocenters. The molecule has 7 nitrogen and oxygen atoms in total. The smallest absolute Gasteiger partial charge is 0.239 e. The average molecular weight is 495 g/mol. The van der Waals surface area contributed by atoms with Gasteiger partial charge in [0.2, 0.25) is 11.9 Å². The van der Waals surface area contributed by atoms with Crippen LogP contribution in [0.25, 0.3) is 0 Å². The Morgan fingerprint density at radius 2 is 1.85 bits per heavy atom. The fourth-order valence-corrected chi connectivity index (χ4v) is 6.88. The number of benzene rings is 1. The van der Waals surface area contributed by atoms with Crippen molar-refractivity contribution in [3.63, 3.8) is 0 Å². The molecular formula is C25H30N6OS2. The van der Waals surface area contributed by atoms with Crippen molar-refractivity contribution in [2.45, 2.75) is 69.1 Å². The number of hydrogen-bond donors (Lipinski definition) is 0. The number of aromatic nitrogens is 4. The molecular weight excluding hydrogens is 464 g/mol. The van der Waals surface area contributed by atoms with Crippen LogP contribution in [0.4, 0.5) is 11.1 Å². The molecule has 1 aromatic carbocycles. The molecule has 3 heterocycles. The van der Waals surface area contributed by atoms with E-state index in [4.69, 9.17) is 4.98 Å². The van der Waals surface area contributed by atoms with Crippen LogP contribution in [0.2, 0.25) is 0 Å². The van der Waals surface area contributed by atoms with E-state index >= 15 is 0 Å². The average Bonchev–Trinajstić information content (AvgIpc) is 3.26. The highest BCUT2D eigenvalue weighted by Crippen LogP contribution is 2.41. The molecule has 178 valence electrons. The minimum atomic E-state index is 0.0769. The van der Waals surface area contributed by atoms with Crippen LogP contribution in [0, 0.1) is 0 Å². The third-order valence-electron chi connectivity index (χ3n) is 6.82. The minimum Gasteiger partial charge on any atom is -0.341 e. The number of thioether (sulfide) groups is 1. The number of carbonyl (C=O) groups is 1. The summed E-state index contributed by atoms with van der Waals surface area (Å²) in [6.07, 6.45) is 9.28. The molecule has 1 saturated carbocycles. The lowest BCUT2D eigenvalue weighted by Gasteiger charge is -2.20. The summed E-state index contributed by atoms with van der Waals surface area (Å²) in [4.78, 5) is 24.1. The number of nitrogens with zero attached hydrogens (tertiary/aromatic N) is 6. The van der Waals surface area contributed by atoms with Gasteiger partial charge in [0.25, 0.3) is 0 Å². The summed E-state index contributed by atoms with van der Waals surface area (Å²) in [6, 6.07) is 10.7. The molecule has 9 heteroatoms. The van der Waals surface area contributed by atoms with Crippen LogP contribution in [0.15, 0.2) is 35.5 Å². The van der Waals surface area contributed by atoms with Crippen LogP contribution in [0.1, 0.15) is 60.7 Å². The van der Waals surface area contributed by atoms with Gasteiger partial charge in [0, 0.05) is 24.0 Å². The van der Waals surface area contributed by atoms with E-state index in [-0.39, 0.29) is 5.91 Å². The monoisotopic (exact) mass is 494 g/mol. The zero-order valence-corrected chi connectivity index (χ0v) is 21.0. The molecule has 0 radical (unpaired) electrons. The Labute approximate surface area is 208 Å². The Hall–Kier alpha value is -2.39. The number of aryl methyl sites for hydroxylation is 2. The van der Waals surface area contributed by atoms with Crippen molar-refractivity contribution in [1.82, 2.24) is 19.7 Å². The van der Waals surface area contributed by atoms with Crippen LogP contribution < -0.4 is 9.80 Å². The fourth-order valence-electron chi connectivity index (χ4n) is 4.84. The lowest BCUT2D eigenvalue weighted by atomic mass is 10.0. The predicted molar refractivity (Wildman–Crippen MR) is 137 cm³/mol. The van der Waals surface area contributed by atoms with E-state index in [0.29, 0.717) is 18.3 Å². The molecule has 6 rings (SSSR count). The fraction of sp³-hybridized carbons (Fsp3) is 0.520. The van der Waals surface area contributed by atoms with Gasteiger partial charge in [-0.25, -0.2) is 4.98 Å². The Morgan fingerprint density at radius 1 is 1.06 bits per heavy atom. The van der Waals surface area contributed by atoms with Crippen molar-refractivity contribution in [3.05, 3.63) is 46.5 Å². The van der Waals surface area contributed by atoms with Crippen LogP contribution in [0.3, 0.4) is 0 Å². The second kappa shape index (κ2) is 9.70. The van der Waals surface area contributed by atoms with Crippen molar-refractivity contribution in [3.8, 4) is 0 Å². The number of anilines is 2. The molecule has 0 bridgehead atoms. The van der Waals surface area contributed by atoms with Crippen molar-refractivity contribution >= 4 is 40.1 Å². The first-order chi connectivity index (χ1) is 16.8. The summed E-state index contributed by atoms with van der Waals surface area (Å²) in [5.74, 6) is 1.40. The molecule has 2 aliphatic carbocycles. The molecule has 0 spiro atoms. The van der Waals surface area contributed by atoms with Gasteiger partial charge in [-0.15, -0.1) is 21.5 Å². The van der Waals surface area contributed by atoms with Gasteiger partial charge in [-0.05, 0) is 56.9 Å². The van der Waals surface area contributed by atoms with Crippen LogP contribution in [-0.4, -0.2) is 44.5 Å². The van der Waals surface area contributed by atoms with Crippen molar-refractivity contribution in [2.75, 3.05) is 28.6 Å². The van der Waals surface area contributed by atoms with Gasteiger partial charge >= 0.3 is 0 Å². The molecule has 0 N–H and O–H groups in total. The number of thiazole rings is 1. The van der Waals surface area contributed by atoms with E-state index in [1.54, 1.807) is 11.3 Å².